The summed E-state index contributed by atoms with van der Waals surface area (Å²) in [7, 11) is 0. The fourth-order valence-corrected chi connectivity index (χ4v) is 3.51. The lowest BCUT2D eigenvalue weighted by molar-refractivity contribution is 0.0649. The Kier molecular flexibility index (Phi) is 7.30. The number of rotatable bonds is 8. The molecule has 1 saturated heterocycles. The number of ether oxygens (including phenoxy) is 1. The Bertz CT molecular complexity index is 813. The molecule has 1 aliphatic rings. The van der Waals surface area contributed by atoms with Crippen LogP contribution in [0.4, 0.5) is 24.7 Å². The molecule has 3 rings (SSSR count). The van der Waals surface area contributed by atoms with Gasteiger partial charge < -0.3 is 15.4 Å². The van der Waals surface area contributed by atoms with Crippen molar-refractivity contribution in [2.45, 2.75) is 45.6 Å². The number of nitrogens with zero attached hydrogens (tertiary/aromatic N) is 2. The van der Waals surface area contributed by atoms with E-state index in [1.165, 1.54) is 12.1 Å². The highest BCUT2D eigenvalue weighted by Gasteiger charge is 2.20. The lowest BCUT2D eigenvalue weighted by atomic mass is 9.97. The zero-order valence-electron chi connectivity index (χ0n) is 16.7. The van der Waals surface area contributed by atoms with Gasteiger partial charge in [-0.3, -0.25) is 0 Å². The standard InChI is InChI=1S/C21H27F3N4O/c1-13(16-4-3-5-17(19(16)22)20(23)24)27-21-18(12-26-14(2)28-21)25-9-6-15-7-10-29-11-8-15/h3-5,12-13,15,20,25H,6-11H2,1-2H3,(H,26,27,28)/t13-/m1/s1. The minimum Gasteiger partial charge on any atom is -0.381 e. The highest BCUT2D eigenvalue weighted by Crippen LogP contribution is 2.30. The number of nitrogens with one attached hydrogen (secondary N) is 2. The Morgan fingerprint density at radius 3 is 2.66 bits per heavy atom. The second kappa shape index (κ2) is 9.91. The maximum atomic E-state index is 14.5. The minimum absolute atomic E-state index is 0.173. The summed E-state index contributed by atoms with van der Waals surface area (Å²) in [6.45, 7) is 5.86. The van der Waals surface area contributed by atoms with Gasteiger partial charge in [0.15, 0.2) is 5.82 Å². The van der Waals surface area contributed by atoms with Gasteiger partial charge in [0.1, 0.15) is 11.6 Å². The van der Waals surface area contributed by atoms with Crippen LogP contribution in [-0.2, 0) is 4.74 Å². The maximum Gasteiger partial charge on any atom is 0.266 e. The molecular formula is C21H27F3N4O. The van der Waals surface area contributed by atoms with Crippen LogP contribution in [0.15, 0.2) is 24.4 Å². The smallest absolute Gasteiger partial charge is 0.266 e. The number of benzene rings is 1. The normalized spacial score (nSPS) is 16.1. The Morgan fingerprint density at radius 1 is 1.21 bits per heavy atom. The van der Waals surface area contributed by atoms with E-state index in [1.807, 2.05) is 0 Å². The third-order valence-electron chi connectivity index (χ3n) is 5.23. The monoisotopic (exact) mass is 408 g/mol. The van der Waals surface area contributed by atoms with Crippen molar-refractivity contribution in [3.63, 3.8) is 0 Å². The van der Waals surface area contributed by atoms with E-state index in [0.717, 1.165) is 45.1 Å². The van der Waals surface area contributed by atoms with Crippen LogP contribution in [0.1, 0.15) is 55.6 Å². The molecule has 0 unspecified atom stereocenters. The Hall–Kier alpha value is -2.35. The lowest BCUT2D eigenvalue weighted by Gasteiger charge is -2.23. The van der Waals surface area contributed by atoms with E-state index in [4.69, 9.17) is 4.74 Å². The van der Waals surface area contributed by atoms with Crippen molar-refractivity contribution in [3.8, 4) is 0 Å². The molecule has 2 aromatic rings. The quantitative estimate of drug-likeness (QED) is 0.624. The van der Waals surface area contributed by atoms with Crippen LogP contribution < -0.4 is 10.6 Å². The van der Waals surface area contributed by atoms with E-state index >= 15 is 0 Å². The summed E-state index contributed by atoms with van der Waals surface area (Å²) in [5.74, 6) is 0.835. The summed E-state index contributed by atoms with van der Waals surface area (Å²) >= 11 is 0. The lowest BCUT2D eigenvalue weighted by Crippen LogP contribution is -2.19. The van der Waals surface area contributed by atoms with Crippen LogP contribution in [0.25, 0.3) is 0 Å². The number of aryl methyl sites for hydroxylation is 1. The van der Waals surface area contributed by atoms with Crippen molar-refractivity contribution < 1.29 is 17.9 Å². The van der Waals surface area contributed by atoms with Crippen LogP contribution in [-0.4, -0.2) is 29.7 Å². The van der Waals surface area contributed by atoms with E-state index in [-0.39, 0.29) is 5.56 Å². The number of hydrogen-bond acceptors (Lipinski definition) is 5. The molecule has 8 heteroatoms. The summed E-state index contributed by atoms with van der Waals surface area (Å²) in [6, 6.07) is 3.51. The number of anilines is 2. The summed E-state index contributed by atoms with van der Waals surface area (Å²) in [5.41, 5.74) is 0.289. The van der Waals surface area contributed by atoms with Crippen LogP contribution >= 0.6 is 0 Å². The molecule has 0 spiro atoms. The maximum absolute atomic E-state index is 14.5. The van der Waals surface area contributed by atoms with E-state index < -0.39 is 23.8 Å². The summed E-state index contributed by atoms with van der Waals surface area (Å²) in [5, 5.41) is 6.49. The van der Waals surface area contributed by atoms with E-state index in [0.29, 0.717) is 23.2 Å². The van der Waals surface area contributed by atoms with Crippen molar-refractivity contribution >= 4 is 11.5 Å². The molecule has 1 aliphatic heterocycles. The third kappa shape index (κ3) is 5.59. The largest absolute Gasteiger partial charge is 0.381 e. The second-order valence-corrected chi connectivity index (χ2v) is 7.37. The van der Waals surface area contributed by atoms with Gasteiger partial charge in [0.2, 0.25) is 0 Å². The van der Waals surface area contributed by atoms with Crippen molar-refractivity contribution in [1.29, 1.82) is 0 Å². The number of hydrogen-bond donors (Lipinski definition) is 2. The van der Waals surface area contributed by atoms with Gasteiger partial charge in [-0.05, 0) is 39.0 Å². The Morgan fingerprint density at radius 2 is 1.93 bits per heavy atom. The molecule has 0 saturated carbocycles. The first kappa shape index (κ1) is 21.4. The van der Waals surface area contributed by atoms with Crippen molar-refractivity contribution in [3.05, 3.63) is 47.2 Å². The number of halogens is 3. The summed E-state index contributed by atoms with van der Waals surface area (Å²) in [6.07, 6.45) is 1.97. The van der Waals surface area contributed by atoms with Crippen LogP contribution in [0.3, 0.4) is 0 Å². The van der Waals surface area contributed by atoms with Gasteiger partial charge in [0, 0.05) is 25.3 Å². The predicted octanol–water partition coefficient (Wildman–Crippen LogP) is 5.26. The van der Waals surface area contributed by atoms with Crippen molar-refractivity contribution in [2.24, 2.45) is 5.92 Å². The Balaban J connectivity index is 1.69. The SMILES string of the molecule is Cc1ncc(NCCC2CCOCC2)c(N[C@H](C)c2cccc(C(F)F)c2F)n1. The molecule has 2 heterocycles. The number of alkyl halides is 2. The van der Waals surface area contributed by atoms with Gasteiger partial charge in [-0.2, -0.15) is 0 Å². The van der Waals surface area contributed by atoms with Gasteiger partial charge in [-0.1, -0.05) is 18.2 Å². The third-order valence-corrected chi connectivity index (χ3v) is 5.23. The first-order chi connectivity index (χ1) is 14.0. The fraction of sp³-hybridized carbons (Fsp3) is 0.524. The molecule has 0 amide bonds. The van der Waals surface area contributed by atoms with E-state index in [1.54, 1.807) is 20.0 Å². The van der Waals surface area contributed by atoms with Crippen LogP contribution in [0, 0.1) is 18.7 Å². The van der Waals surface area contributed by atoms with Gasteiger partial charge in [0.05, 0.1) is 23.5 Å². The molecular weight excluding hydrogens is 381 g/mol. The molecule has 0 radical (unpaired) electrons. The molecule has 2 N–H and O–H groups in total. The average Bonchev–Trinajstić information content (AvgIpc) is 2.70. The molecule has 1 atom stereocenters. The average molecular weight is 408 g/mol. The topological polar surface area (TPSA) is 59.1 Å². The highest BCUT2D eigenvalue weighted by atomic mass is 19.3. The molecule has 1 fully saturated rings. The first-order valence-electron chi connectivity index (χ1n) is 9.94. The first-order valence-corrected chi connectivity index (χ1v) is 9.94. The minimum atomic E-state index is -2.86. The highest BCUT2D eigenvalue weighted by molar-refractivity contribution is 5.63. The fourth-order valence-electron chi connectivity index (χ4n) is 3.51. The van der Waals surface area contributed by atoms with E-state index in [9.17, 15) is 13.2 Å². The molecule has 1 aromatic heterocycles. The van der Waals surface area contributed by atoms with Crippen molar-refractivity contribution in [2.75, 3.05) is 30.4 Å². The molecule has 0 aliphatic carbocycles. The zero-order valence-corrected chi connectivity index (χ0v) is 16.7. The van der Waals surface area contributed by atoms with E-state index in [2.05, 4.69) is 20.6 Å². The van der Waals surface area contributed by atoms with Gasteiger partial charge >= 0.3 is 0 Å². The predicted molar refractivity (Wildman–Crippen MR) is 107 cm³/mol. The summed E-state index contributed by atoms with van der Waals surface area (Å²) in [4.78, 5) is 8.65. The second-order valence-electron chi connectivity index (χ2n) is 7.37. The molecule has 5 nitrogen and oxygen atoms in total. The Labute approximate surface area is 169 Å². The van der Waals surface area contributed by atoms with Crippen LogP contribution in [0.5, 0.6) is 0 Å². The molecule has 0 bridgehead atoms. The van der Waals surface area contributed by atoms with Crippen LogP contribution in [0.2, 0.25) is 0 Å². The molecule has 158 valence electrons. The van der Waals surface area contributed by atoms with Gasteiger partial charge in [-0.25, -0.2) is 23.1 Å². The van der Waals surface area contributed by atoms with Gasteiger partial charge in [-0.15, -0.1) is 0 Å². The van der Waals surface area contributed by atoms with Crippen molar-refractivity contribution in [1.82, 2.24) is 9.97 Å². The summed E-state index contributed by atoms with van der Waals surface area (Å²) < 4.78 is 45.9. The zero-order chi connectivity index (χ0) is 20.8. The number of aromatic nitrogens is 2. The molecule has 29 heavy (non-hydrogen) atoms. The molecule has 1 aromatic carbocycles. The van der Waals surface area contributed by atoms with Gasteiger partial charge in [0.25, 0.3) is 6.43 Å².